The smallest absolute Gasteiger partial charge is 0.296 e. The van der Waals surface area contributed by atoms with Crippen LogP contribution in [0.4, 0.5) is 0 Å². The van der Waals surface area contributed by atoms with Crippen LogP contribution in [0.5, 0.6) is 0 Å². The van der Waals surface area contributed by atoms with E-state index >= 15 is 0 Å². The predicted molar refractivity (Wildman–Crippen MR) is 139 cm³/mol. The molecule has 0 unspecified atom stereocenters. The van der Waals surface area contributed by atoms with E-state index in [-0.39, 0.29) is 0 Å². The lowest BCUT2D eigenvalue weighted by Gasteiger charge is -2.31. The van der Waals surface area contributed by atoms with Gasteiger partial charge in [0, 0.05) is 0 Å². The molecule has 0 aliphatic rings. The fourth-order valence-electron chi connectivity index (χ4n) is 2.61. The standard InChI is InChI=1S/C18H22O2.C7H6O3.C4H10O2/c1-17(2,15-11-7-5-8-12-15)19-20-18(3,4)16-13-9-6-10-14-16;8-7(10-9)6-4-2-1-3-5-6;1-4(2,3)6-5/h5-14H,1-4H3;1-5,9H;5H,1-3H3. The predicted octanol–water partition coefficient (Wildman–Crippen LogP) is 7.40. The van der Waals surface area contributed by atoms with Crippen molar-refractivity contribution in [1.82, 2.24) is 0 Å². The molecule has 0 fully saturated rings. The average molecular weight is 499 g/mol. The molecule has 0 aromatic heterocycles. The van der Waals surface area contributed by atoms with Crippen molar-refractivity contribution >= 4 is 5.97 Å². The van der Waals surface area contributed by atoms with Gasteiger partial charge in [0.25, 0.3) is 0 Å². The third-order valence-corrected chi connectivity index (χ3v) is 4.76. The molecule has 0 amide bonds. The average Bonchev–Trinajstić information content (AvgIpc) is 2.89. The largest absolute Gasteiger partial charge is 0.372 e. The number of hydrogen-bond donors (Lipinski definition) is 2. The molecule has 0 saturated heterocycles. The Morgan fingerprint density at radius 2 is 0.889 bits per heavy atom. The van der Waals surface area contributed by atoms with Gasteiger partial charge in [-0.1, -0.05) is 78.9 Å². The van der Waals surface area contributed by atoms with Gasteiger partial charge in [0.1, 0.15) is 11.2 Å². The lowest BCUT2D eigenvalue weighted by molar-refractivity contribution is -0.410. The van der Waals surface area contributed by atoms with Gasteiger partial charge in [-0.3, -0.25) is 10.1 Å². The summed E-state index contributed by atoms with van der Waals surface area (Å²) in [6.45, 7) is 13.3. The molecular formula is C29H38O7. The Morgan fingerprint density at radius 1 is 0.583 bits per heavy atom. The van der Waals surface area contributed by atoms with E-state index in [1.807, 2.05) is 88.4 Å². The minimum atomic E-state index is -0.736. The summed E-state index contributed by atoms with van der Waals surface area (Å²) >= 11 is 0. The van der Waals surface area contributed by atoms with Gasteiger partial charge in [0.05, 0.1) is 11.2 Å². The maximum absolute atomic E-state index is 10.5. The maximum Gasteiger partial charge on any atom is 0.372 e. The highest BCUT2D eigenvalue weighted by molar-refractivity contribution is 5.88. The van der Waals surface area contributed by atoms with Gasteiger partial charge in [-0.25, -0.2) is 19.5 Å². The van der Waals surface area contributed by atoms with Crippen LogP contribution in [-0.2, 0) is 30.8 Å². The molecule has 2 N–H and O–H groups in total. The second-order valence-corrected chi connectivity index (χ2v) is 9.87. The van der Waals surface area contributed by atoms with Gasteiger partial charge in [0.15, 0.2) is 0 Å². The van der Waals surface area contributed by atoms with Crippen LogP contribution in [-0.4, -0.2) is 22.1 Å². The Hall–Kier alpha value is -3.07. The van der Waals surface area contributed by atoms with E-state index < -0.39 is 22.8 Å². The minimum Gasteiger partial charge on any atom is -0.296 e. The third-order valence-electron chi connectivity index (χ3n) is 4.76. The quantitative estimate of drug-likeness (QED) is 0.270. The number of rotatable bonds is 6. The first-order chi connectivity index (χ1) is 16.8. The maximum atomic E-state index is 10.5. The number of carbonyl (C=O) groups excluding carboxylic acids is 1. The van der Waals surface area contributed by atoms with Crippen LogP contribution >= 0.6 is 0 Å². The second-order valence-electron chi connectivity index (χ2n) is 9.87. The Bertz CT molecular complexity index is 945. The Labute approximate surface area is 214 Å². The van der Waals surface area contributed by atoms with E-state index in [4.69, 9.17) is 20.3 Å². The zero-order valence-corrected chi connectivity index (χ0v) is 22.1. The molecule has 0 aliphatic carbocycles. The molecule has 0 spiro atoms. The highest BCUT2D eigenvalue weighted by Crippen LogP contribution is 2.31. The third kappa shape index (κ3) is 11.6. The molecule has 196 valence electrons. The zero-order chi connectivity index (χ0) is 27.2. The Balaban J connectivity index is 0.000000335. The molecule has 0 aliphatic heterocycles. The molecule has 3 rings (SSSR count). The molecule has 0 radical (unpaired) electrons. The molecule has 3 aromatic rings. The summed E-state index contributed by atoms with van der Waals surface area (Å²) < 4.78 is 0. The van der Waals surface area contributed by atoms with Gasteiger partial charge < -0.3 is 0 Å². The Morgan fingerprint density at radius 3 is 1.17 bits per heavy atom. The van der Waals surface area contributed by atoms with Crippen molar-refractivity contribution in [3.05, 3.63) is 108 Å². The molecule has 7 nitrogen and oxygen atoms in total. The molecule has 3 aromatic carbocycles. The van der Waals surface area contributed by atoms with E-state index in [0.717, 1.165) is 11.1 Å². The van der Waals surface area contributed by atoms with Crippen molar-refractivity contribution in [2.45, 2.75) is 65.3 Å². The summed E-state index contributed by atoms with van der Waals surface area (Å²) in [5, 5.41) is 15.8. The molecule has 0 bridgehead atoms. The van der Waals surface area contributed by atoms with Crippen molar-refractivity contribution in [2.75, 3.05) is 0 Å². The van der Waals surface area contributed by atoms with Gasteiger partial charge in [-0.05, 0) is 71.7 Å². The summed E-state index contributed by atoms with van der Waals surface area (Å²) in [5.74, 6) is -0.736. The summed E-state index contributed by atoms with van der Waals surface area (Å²) in [6.07, 6.45) is 0. The van der Waals surface area contributed by atoms with Crippen molar-refractivity contribution in [2.24, 2.45) is 0 Å². The van der Waals surface area contributed by atoms with Crippen LogP contribution < -0.4 is 0 Å². The summed E-state index contributed by atoms with van der Waals surface area (Å²) in [4.78, 5) is 29.4. The monoisotopic (exact) mass is 498 g/mol. The van der Waals surface area contributed by atoms with E-state index in [1.54, 1.807) is 51.1 Å². The van der Waals surface area contributed by atoms with E-state index in [9.17, 15) is 4.79 Å². The van der Waals surface area contributed by atoms with E-state index in [0.29, 0.717) is 5.56 Å². The number of benzene rings is 3. The number of hydrogen-bond acceptors (Lipinski definition) is 7. The van der Waals surface area contributed by atoms with E-state index in [1.165, 1.54) is 0 Å². The lowest BCUT2D eigenvalue weighted by Crippen LogP contribution is -2.29. The molecule has 7 heteroatoms. The van der Waals surface area contributed by atoms with Crippen LogP contribution in [0.3, 0.4) is 0 Å². The first-order valence-electron chi connectivity index (χ1n) is 11.5. The first-order valence-corrected chi connectivity index (χ1v) is 11.5. The van der Waals surface area contributed by atoms with Crippen molar-refractivity contribution in [1.29, 1.82) is 0 Å². The topological polar surface area (TPSA) is 94.5 Å². The van der Waals surface area contributed by atoms with Crippen LogP contribution in [0.25, 0.3) is 0 Å². The van der Waals surface area contributed by atoms with Crippen LogP contribution in [0.1, 0.15) is 70.0 Å². The molecular weight excluding hydrogens is 460 g/mol. The molecule has 36 heavy (non-hydrogen) atoms. The van der Waals surface area contributed by atoms with Gasteiger partial charge in [0.2, 0.25) is 0 Å². The highest BCUT2D eigenvalue weighted by Gasteiger charge is 2.29. The molecule has 0 atom stereocenters. The first kappa shape index (κ1) is 31.0. The van der Waals surface area contributed by atoms with E-state index in [2.05, 4.69) is 9.78 Å². The normalized spacial score (nSPS) is 11.4. The summed E-state index contributed by atoms with van der Waals surface area (Å²) in [6, 6.07) is 28.4. The number of carbonyl (C=O) groups is 1. The second kappa shape index (κ2) is 14.5. The van der Waals surface area contributed by atoms with Crippen molar-refractivity contribution in [3.8, 4) is 0 Å². The van der Waals surface area contributed by atoms with Gasteiger partial charge in [-0.2, -0.15) is 5.26 Å². The highest BCUT2D eigenvalue weighted by atomic mass is 17.2. The zero-order valence-electron chi connectivity index (χ0n) is 22.1. The fourth-order valence-corrected chi connectivity index (χ4v) is 2.61. The minimum absolute atomic E-state index is 0.338. The molecule has 0 saturated carbocycles. The summed E-state index contributed by atoms with van der Waals surface area (Å²) in [7, 11) is 0. The van der Waals surface area contributed by atoms with Crippen LogP contribution in [0.15, 0.2) is 91.0 Å². The van der Waals surface area contributed by atoms with Crippen LogP contribution in [0.2, 0.25) is 0 Å². The van der Waals surface area contributed by atoms with Crippen molar-refractivity contribution in [3.63, 3.8) is 0 Å². The SMILES string of the molecule is CC(C)(C)OO.CC(C)(OOC(C)(C)c1ccccc1)c1ccccc1.O=C(OO)c1ccccc1. The van der Waals surface area contributed by atoms with Gasteiger partial charge in [-0.15, -0.1) is 0 Å². The fraction of sp³-hybridized carbons (Fsp3) is 0.345. The van der Waals surface area contributed by atoms with Gasteiger partial charge >= 0.3 is 5.97 Å². The van der Waals surface area contributed by atoms with Crippen LogP contribution in [0, 0.1) is 0 Å². The van der Waals surface area contributed by atoms with Crippen molar-refractivity contribution < 1.29 is 34.9 Å². The Kier molecular flexibility index (Phi) is 12.5. The lowest BCUT2D eigenvalue weighted by atomic mass is 9.98. The molecule has 0 heterocycles. The summed E-state index contributed by atoms with van der Waals surface area (Å²) in [5.41, 5.74) is 1.12.